The Kier molecular flexibility index (Phi) is 6.33. The van der Waals surface area contributed by atoms with E-state index in [0.29, 0.717) is 28.3 Å². The summed E-state index contributed by atoms with van der Waals surface area (Å²) in [5, 5.41) is 6.92. The zero-order chi connectivity index (χ0) is 16.2. The molecule has 0 aliphatic rings. The van der Waals surface area contributed by atoms with Gasteiger partial charge >= 0.3 is 0 Å². The van der Waals surface area contributed by atoms with Gasteiger partial charge in [-0.3, -0.25) is 4.79 Å². The average molecular weight is 313 g/mol. The van der Waals surface area contributed by atoms with Crippen LogP contribution in [0.15, 0.2) is 0 Å². The van der Waals surface area contributed by atoms with Gasteiger partial charge in [0.05, 0.1) is 6.10 Å². The largest absolute Gasteiger partial charge is 0.486 e. The van der Waals surface area contributed by atoms with E-state index in [1.807, 2.05) is 13.8 Å². The van der Waals surface area contributed by atoms with Crippen molar-refractivity contribution in [1.29, 1.82) is 0 Å². The van der Waals surface area contributed by atoms with Gasteiger partial charge in [0.15, 0.2) is 5.75 Å². The fraction of sp³-hybridized carbons (Fsp3) is 0.667. The number of nitrogens with one attached hydrogen (secondary N) is 2. The fourth-order valence-corrected chi connectivity index (χ4v) is 3.13. The monoisotopic (exact) mass is 313 g/mol. The van der Waals surface area contributed by atoms with Crippen LogP contribution in [0.4, 0.5) is 10.7 Å². The number of nitrogen functional groups attached to an aromatic ring is 1. The highest BCUT2D eigenvalue weighted by Gasteiger charge is 2.24. The van der Waals surface area contributed by atoms with Gasteiger partial charge in [0, 0.05) is 13.1 Å². The van der Waals surface area contributed by atoms with E-state index in [-0.39, 0.29) is 12.0 Å². The number of carbonyl (C=O) groups excluding carboxylic acids is 1. The summed E-state index contributed by atoms with van der Waals surface area (Å²) in [5.74, 6) is 0.887. The van der Waals surface area contributed by atoms with Crippen LogP contribution in [0.3, 0.4) is 0 Å². The van der Waals surface area contributed by atoms with Crippen molar-refractivity contribution in [3.63, 3.8) is 0 Å². The molecule has 0 aromatic carbocycles. The molecule has 1 atom stereocenters. The van der Waals surface area contributed by atoms with Crippen LogP contribution < -0.4 is 21.1 Å². The van der Waals surface area contributed by atoms with E-state index >= 15 is 0 Å². The van der Waals surface area contributed by atoms with Crippen molar-refractivity contribution >= 4 is 27.9 Å². The molecule has 1 amide bonds. The summed E-state index contributed by atoms with van der Waals surface area (Å²) in [6, 6.07) is 0.315. The number of ether oxygens (including phenoxy) is 1. The maximum atomic E-state index is 11.9. The summed E-state index contributed by atoms with van der Waals surface area (Å²) < 4.78 is 5.82. The van der Waals surface area contributed by atoms with Crippen LogP contribution in [0, 0.1) is 5.92 Å². The lowest BCUT2D eigenvalue weighted by molar-refractivity contribution is 0.0967. The molecule has 0 saturated carbocycles. The number of hydrogen-bond acceptors (Lipinski definition) is 5. The molecule has 0 aliphatic heterocycles. The molecule has 21 heavy (non-hydrogen) atoms. The molecule has 1 rings (SSSR count). The highest BCUT2D eigenvalue weighted by molar-refractivity contribution is 7.19. The van der Waals surface area contributed by atoms with Crippen LogP contribution in [-0.4, -0.2) is 25.1 Å². The minimum absolute atomic E-state index is 0.000820. The van der Waals surface area contributed by atoms with Gasteiger partial charge in [0.25, 0.3) is 5.91 Å². The van der Waals surface area contributed by atoms with Gasteiger partial charge in [-0.05, 0) is 26.2 Å². The summed E-state index contributed by atoms with van der Waals surface area (Å²) in [7, 11) is 1.60. The van der Waals surface area contributed by atoms with E-state index in [1.54, 1.807) is 7.05 Å². The van der Waals surface area contributed by atoms with Gasteiger partial charge < -0.3 is 21.1 Å². The smallest absolute Gasteiger partial charge is 0.263 e. The van der Waals surface area contributed by atoms with Crippen LogP contribution >= 0.6 is 11.3 Å². The molecule has 0 saturated heterocycles. The Labute approximate surface area is 131 Å². The SMILES string of the molecule is CCC(Nc1sc(C(=O)NC)c(N)c1OC(C)C)C(C)C. The standard InChI is InChI=1S/C15H27N3O2S/c1-7-10(8(2)3)18-15-12(20-9(4)5)11(16)13(21-15)14(19)17-6/h8-10,18H,7,16H2,1-6H3,(H,17,19). The Morgan fingerprint density at radius 1 is 1.33 bits per heavy atom. The maximum absolute atomic E-state index is 11.9. The van der Waals surface area contributed by atoms with Crippen molar-refractivity contribution in [3.05, 3.63) is 4.88 Å². The zero-order valence-electron chi connectivity index (χ0n) is 13.7. The summed E-state index contributed by atoms with van der Waals surface area (Å²) in [5.41, 5.74) is 6.52. The molecule has 1 heterocycles. The molecule has 0 spiro atoms. The number of nitrogens with two attached hydrogens (primary N) is 1. The highest BCUT2D eigenvalue weighted by Crippen LogP contribution is 2.44. The number of thiophene rings is 1. The summed E-state index contributed by atoms with van der Waals surface area (Å²) in [6.45, 7) is 10.4. The molecule has 0 fully saturated rings. The molecule has 5 nitrogen and oxygen atoms in total. The molecule has 1 aromatic rings. The highest BCUT2D eigenvalue weighted by atomic mass is 32.1. The second-order valence-corrected chi connectivity index (χ2v) is 6.67. The van der Waals surface area contributed by atoms with Gasteiger partial charge in [-0.15, -0.1) is 11.3 Å². The van der Waals surface area contributed by atoms with Crippen molar-refractivity contribution in [1.82, 2.24) is 5.32 Å². The van der Waals surface area contributed by atoms with Crippen molar-refractivity contribution in [3.8, 4) is 5.75 Å². The first-order chi connectivity index (χ1) is 9.81. The molecule has 4 N–H and O–H groups in total. The van der Waals surface area contributed by atoms with E-state index in [4.69, 9.17) is 10.5 Å². The van der Waals surface area contributed by atoms with Gasteiger partial charge in [-0.25, -0.2) is 0 Å². The molecule has 1 unspecified atom stereocenters. The molecule has 1 aromatic heterocycles. The lowest BCUT2D eigenvalue weighted by Gasteiger charge is -2.22. The number of rotatable bonds is 7. The Hall–Kier alpha value is -1.43. The van der Waals surface area contributed by atoms with Crippen LogP contribution in [0.5, 0.6) is 5.75 Å². The third-order valence-electron chi connectivity index (χ3n) is 3.25. The topological polar surface area (TPSA) is 76.4 Å². The minimum Gasteiger partial charge on any atom is -0.486 e. The zero-order valence-corrected chi connectivity index (χ0v) is 14.6. The van der Waals surface area contributed by atoms with Crippen molar-refractivity contribution in [2.75, 3.05) is 18.1 Å². The van der Waals surface area contributed by atoms with E-state index in [2.05, 4.69) is 31.4 Å². The van der Waals surface area contributed by atoms with Crippen LogP contribution in [0.1, 0.15) is 50.7 Å². The van der Waals surface area contributed by atoms with Crippen molar-refractivity contribution in [2.24, 2.45) is 5.92 Å². The molecule has 0 bridgehead atoms. The lowest BCUT2D eigenvalue weighted by Crippen LogP contribution is -2.24. The first-order valence-corrected chi connectivity index (χ1v) is 8.20. The number of amides is 1. The van der Waals surface area contributed by atoms with Crippen molar-refractivity contribution in [2.45, 2.75) is 53.2 Å². The van der Waals surface area contributed by atoms with E-state index in [9.17, 15) is 4.79 Å². The third-order valence-corrected chi connectivity index (χ3v) is 4.36. The van der Waals surface area contributed by atoms with E-state index < -0.39 is 0 Å². The predicted molar refractivity (Wildman–Crippen MR) is 90.4 cm³/mol. The Balaban J connectivity index is 3.18. The average Bonchev–Trinajstić information content (AvgIpc) is 2.71. The van der Waals surface area contributed by atoms with E-state index in [1.165, 1.54) is 11.3 Å². The Morgan fingerprint density at radius 2 is 1.95 bits per heavy atom. The predicted octanol–water partition coefficient (Wildman–Crippen LogP) is 3.32. The van der Waals surface area contributed by atoms with Gasteiger partial charge in [0.2, 0.25) is 0 Å². The molecule has 6 heteroatoms. The van der Waals surface area contributed by atoms with Gasteiger partial charge in [0.1, 0.15) is 15.6 Å². The van der Waals surface area contributed by atoms with Gasteiger partial charge in [-0.1, -0.05) is 20.8 Å². The van der Waals surface area contributed by atoms with Crippen LogP contribution in [-0.2, 0) is 0 Å². The minimum atomic E-state index is -0.184. The second kappa shape index (κ2) is 7.54. The summed E-state index contributed by atoms with van der Waals surface area (Å²) in [6.07, 6.45) is 0.991. The van der Waals surface area contributed by atoms with Gasteiger partial charge in [-0.2, -0.15) is 0 Å². The molecule has 120 valence electrons. The summed E-state index contributed by atoms with van der Waals surface area (Å²) >= 11 is 1.35. The fourth-order valence-electron chi connectivity index (χ4n) is 2.07. The third kappa shape index (κ3) is 4.27. The molecular weight excluding hydrogens is 286 g/mol. The molecular formula is C15H27N3O2S. The first kappa shape index (κ1) is 17.6. The Bertz CT molecular complexity index is 484. The molecule has 0 radical (unpaired) electrons. The second-order valence-electron chi connectivity index (χ2n) is 5.65. The maximum Gasteiger partial charge on any atom is 0.263 e. The number of carbonyl (C=O) groups is 1. The number of anilines is 2. The normalized spacial score (nSPS) is 12.6. The molecule has 0 aliphatic carbocycles. The quantitative estimate of drug-likeness (QED) is 0.721. The lowest BCUT2D eigenvalue weighted by atomic mass is 10.0. The van der Waals surface area contributed by atoms with Crippen molar-refractivity contribution < 1.29 is 9.53 Å². The number of hydrogen-bond donors (Lipinski definition) is 3. The van der Waals surface area contributed by atoms with Crippen LogP contribution in [0.25, 0.3) is 0 Å². The Morgan fingerprint density at radius 3 is 2.38 bits per heavy atom. The van der Waals surface area contributed by atoms with E-state index in [0.717, 1.165) is 11.4 Å². The first-order valence-electron chi connectivity index (χ1n) is 7.39. The van der Waals surface area contributed by atoms with Crippen LogP contribution in [0.2, 0.25) is 0 Å². The summed E-state index contributed by atoms with van der Waals surface area (Å²) in [4.78, 5) is 12.4.